The van der Waals surface area contributed by atoms with E-state index in [1.165, 1.54) is 0 Å². The summed E-state index contributed by atoms with van der Waals surface area (Å²) in [5.74, 6) is -0.490. The van der Waals surface area contributed by atoms with Gasteiger partial charge in [-0.3, -0.25) is 9.59 Å². The Hall–Kier alpha value is -2.48. The summed E-state index contributed by atoms with van der Waals surface area (Å²) < 4.78 is 1.11. The van der Waals surface area contributed by atoms with E-state index < -0.39 is 0 Å². The second-order valence-electron chi connectivity index (χ2n) is 6.04. The summed E-state index contributed by atoms with van der Waals surface area (Å²) in [6, 6.07) is 15.6. The molecule has 0 aliphatic rings. The van der Waals surface area contributed by atoms with E-state index in [-0.39, 0.29) is 24.7 Å². The Morgan fingerprint density at radius 2 is 1.78 bits per heavy atom. The quantitative estimate of drug-likeness (QED) is 0.351. The van der Waals surface area contributed by atoms with Crippen molar-refractivity contribution in [2.24, 2.45) is 5.10 Å². The Morgan fingerprint density at radius 1 is 1.07 bits per heavy atom. The first-order valence-electron chi connectivity index (χ1n) is 8.56. The zero-order valence-corrected chi connectivity index (χ0v) is 17.5. The molecule has 0 aromatic heterocycles. The standard InChI is InChI=1S/C21H22IN3O2/c1-15-14-18(22)10-11-19(15)23-20(26)12-13-21(27)25-24-16(2)8-9-17-6-4-3-5-7-17/h3-11,14H,12-13H2,1-2H3,(H,23,26)(H,25,27). The van der Waals surface area contributed by atoms with Crippen LogP contribution in [0.5, 0.6) is 0 Å². The lowest BCUT2D eigenvalue weighted by Gasteiger charge is -2.08. The zero-order chi connectivity index (χ0) is 19.6. The summed E-state index contributed by atoms with van der Waals surface area (Å²) in [6.45, 7) is 3.73. The molecule has 0 saturated heterocycles. The molecule has 2 N–H and O–H groups in total. The fraction of sp³-hybridized carbons (Fsp3) is 0.190. The first-order valence-corrected chi connectivity index (χ1v) is 9.64. The van der Waals surface area contributed by atoms with Gasteiger partial charge in [-0.25, -0.2) is 5.43 Å². The molecular formula is C21H22IN3O2. The number of hydrogen-bond donors (Lipinski definition) is 2. The number of aryl methyl sites for hydroxylation is 1. The number of hydrazone groups is 1. The first-order chi connectivity index (χ1) is 12.9. The Bertz CT molecular complexity index is 861. The van der Waals surface area contributed by atoms with Crippen molar-refractivity contribution >= 4 is 51.9 Å². The Balaban J connectivity index is 1.76. The molecule has 2 amide bonds. The van der Waals surface area contributed by atoms with Crippen molar-refractivity contribution in [2.45, 2.75) is 26.7 Å². The largest absolute Gasteiger partial charge is 0.326 e. The number of benzene rings is 2. The molecule has 0 radical (unpaired) electrons. The van der Waals surface area contributed by atoms with Gasteiger partial charge in [0.05, 0.1) is 5.71 Å². The van der Waals surface area contributed by atoms with Gasteiger partial charge in [0.2, 0.25) is 11.8 Å². The number of nitrogens with zero attached hydrogens (tertiary/aromatic N) is 1. The van der Waals surface area contributed by atoms with E-state index in [0.717, 1.165) is 20.4 Å². The summed E-state index contributed by atoms with van der Waals surface area (Å²) >= 11 is 2.22. The lowest BCUT2D eigenvalue weighted by atomic mass is 10.2. The smallest absolute Gasteiger partial charge is 0.240 e. The fourth-order valence-electron chi connectivity index (χ4n) is 2.23. The lowest BCUT2D eigenvalue weighted by Crippen LogP contribution is -2.21. The molecular weight excluding hydrogens is 453 g/mol. The van der Waals surface area contributed by atoms with Gasteiger partial charge in [0, 0.05) is 22.1 Å². The minimum atomic E-state index is -0.294. The van der Waals surface area contributed by atoms with Crippen molar-refractivity contribution in [2.75, 3.05) is 5.32 Å². The van der Waals surface area contributed by atoms with Crippen LogP contribution in [0.15, 0.2) is 59.7 Å². The maximum Gasteiger partial charge on any atom is 0.240 e. The molecule has 0 bridgehead atoms. The summed E-state index contributed by atoms with van der Waals surface area (Å²) in [7, 11) is 0. The van der Waals surface area contributed by atoms with E-state index in [9.17, 15) is 9.59 Å². The van der Waals surface area contributed by atoms with Crippen LogP contribution in [0.4, 0.5) is 5.69 Å². The van der Waals surface area contributed by atoms with Crippen LogP contribution in [-0.2, 0) is 9.59 Å². The van der Waals surface area contributed by atoms with E-state index in [4.69, 9.17) is 0 Å². The third kappa shape index (κ3) is 7.74. The molecule has 0 aliphatic carbocycles. The highest BCUT2D eigenvalue weighted by Gasteiger charge is 2.08. The van der Waals surface area contributed by atoms with Crippen LogP contribution in [0.1, 0.15) is 30.9 Å². The van der Waals surface area contributed by atoms with Crippen LogP contribution in [0.3, 0.4) is 0 Å². The summed E-state index contributed by atoms with van der Waals surface area (Å²) in [4.78, 5) is 23.9. The molecule has 0 unspecified atom stereocenters. The fourth-order valence-corrected chi connectivity index (χ4v) is 2.88. The van der Waals surface area contributed by atoms with Gasteiger partial charge in [0.1, 0.15) is 0 Å². The Labute approximate surface area is 173 Å². The van der Waals surface area contributed by atoms with Gasteiger partial charge >= 0.3 is 0 Å². The predicted octanol–water partition coefficient (Wildman–Crippen LogP) is 4.52. The monoisotopic (exact) mass is 475 g/mol. The average molecular weight is 475 g/mol. The second kappa shape index (κ2) is 10.6. The molecule has 0 saturated carbocycles. The number of carbonyl (C=O) groups is 2. The average Bonchev–Trinajstić information content (AvgIpc) is 2.66. The number of rotatable bonds is 7. The van der Waals surface area contributed by atoms with Gasteiger partial charge < -0.3 is 5.32 Å². The molecule has 27 heavy (non-hydrogen) atoms. The number of amides is 2. The van der Waals surface area contributed by atoms with Crippen LogP contribution in [0, 0.1) is 10.5 Å². The van der Waals surface area contributed by atoms with Gasteiger partial charge in [-0.2, -0.15) is 5.10 Å². The van der Waals surface area contributed by atoms with Gasteiger partial charge in [-0.05, 0) is 71.8 Å². The van der Waals surface area contributed by atoms with Gasteiger partial charge in [-0.15, -0.1) is 0 Å². The minimum Gasteiger partial charge on any atom is -0.326 e. The Kier molecular flexibility index (Phi) is 8.19. The molecule has 0 atom stereocenters. The number of carbonyl (C=O) groups excluding carboxylic acids is 2. The molecule has 0 heterocycles. The normalized spacial score (nSPS) is 11.4. The lowest BCUT2D eigenvalue weighted by molar-refractivity contribution is -0.124. The zero-order valence-electron chi connectivity index (χ0n) is 15.3. The molecule has 2 rings (SSSR count). The van der Waals surface area contributed by atoms with Gasteiger partial charge in [0.15, 0.2) is 0 Å². The molecule has 2 aromatic rings. The number of nitrogens with one attached hydrogen (secondary N) is 2. The number of hydrogen-bond acceptors (Lipinski definition) is 3. The van der Waals surface area contributed by atoms with Crippen molar-refractivity contribution in [1.82, 2.24) is 5.43 Å². The van der Waals surface area contributed by atoms with E-state index in [1.807, 2.05) is 67.6 Å². The third-order valence-electron chi connectivity index (χ3n) is 3.72. The molecule has 140 valence electrons. The topological polar surface area (TPSA) is 70.6 Å². The van der Waals surface area contributed by atoms with Gasteiger partial charge in [-0.1, -0.05) is 36.4 Å². The maximum absolute atomic E-state index is 12.0. The highest BCUT2D eigenvalue weighted by atomic mass is 127. The van der Waals surface area contributed by atoms with Crippen LogP contribution in [-0.4, -0.2) is 17.5 Å². The van der Waals surface area contributed by atoms with E-state index >= 15 is 0 Å². The van der Waals surface area contributed by atoms with Crippen molar-refractivity contribution in [3.63, 3.8) is 0 Å². The van der Waals surface area contributed by atoms with Gasteiger partial charge in [0.25, 0.3) is 0 Å². The molecule has 0 aliphatic heterocycles. The SMILES string of the molecule is CC(C=Cc1ccccc1)=NNC(=O)CCC(=O)Nc1ccc(I)cc1C. The van der Waals surface area contributed by atoms with E-state index in [0.29, 0.717) is 5.71 Å². The molecule has 0 spiro atoms. The maximum atomic E-state index is 12.0. The minimum absolute atomic E-state index is 0.0778. The number of halogens is 1. The van der Waals surface area contributed by atoms with E-state index in [2.05, 4.69) is 38.4 Å². The molecule has 5 nitrogen and oxygen atoms in total. The highest BCUT2D eigenvalue weighted by molar-refractivity contribution is 14.1. The van der Waals surface area contributed by atoms with Crippen LogP contribution in [0.25, 0.3) is 6.08 Å². The molecule has 0 fully saturated rings. The summed E-state index contributed by atoms with van der Waals surface area (Å²) in [6.07, 6.45) is 3.92. The molecule has 2 aromatic carbocycles. The highest BCUT2D eigenvalue weighted by Crippen LogP contribution is 2.17. The van der Waals surface area contributed by atoms with E-state index in [1.54, 1.807) is 6.92 Å². The number of allylic oxidation sites excluding steroid dienone is 1. The van der Waals surface area contributed by atoms with Crippen molar-refractivity contribution in [3.05, 3.63) is 69.3 Å². The van der Waals surface area contributed by atoms with Crippen LogP contribution in [0.2, 0.25) is 0 Å². The number of anilines is 1. The second-order valence-corrected chi connectivity index (χ2v) is 7.29. The summed E-state index contributed by atoms with van der Waals surface area (Å²) in [5, 5.41) is 6.85. The van der Waals surface area contributed by atoms with Crippen molar-refractivity contribution in [3.8, 4) is 0 Å². The third-order valence-corrected chi connectivity index (χ3v) is 4.39. The summed E-state index contributed by atoms with van der Waals surface area (Å²) in [5.41, 5.74) is 5.96. The first kappa shape index (κ1) is 20.8. The van der Waals surface area contributed by atoms with Crippen LogP contribution < -0.4 is 10.7 Å². The molecule has 6 heteroatoms. The Morgan fingerprint density at radius 3 is 2.48 bits per heavy atom. The predicted molar refractivity (Wildman–Crippen MR) is 118 cm³/mol. The van der Waals surface area contributed by atoms with Crippen molar-refractivity contribution in [1.29, 1.82) is 0 Å². The van der Waals surface area contributed by atoms with Crippen LogP contribution >= 0.6 is 22.6 Å². The van der Waals surface area contributed by atoms with Crippen molar-refractivity contribution < 1.29 is 9.59 Å².